The summed E-state index contributed by atoms with van der Waals surface area (Å²) < 4.78 is 4.91. The standard InChI is InChI=1S/C59H66N4/c1-11-40(2)32-45(42-22-21-23-43(34-42)56-60-55-30-19-20-31-59(55,10)63(56)46-24-13-12-14-25-46)33-41(3)44-35-47(61-38-51(57(4,5)6)49-26-15-17-28-53(49)61)37-48(36-44)62-39-52(58(7,8)9)50-27-16-18-29-54(50)62/h12-31,34-41,45,55H,11,32-33H2,1-10H3. The van der Waals surface area contributed by atoms with Crippen molar-refractivity contribution in [3.05, 3.63) is 186 Å². The zero-order valence-corrected chi connectivity index (χ0v) is 39.2. The molecule has 7 aromatic rings. The summed E-state index contributed by atoms with van der Waals surface area (Å²) in [6.45, 7) is 23.5. The van der Waals surface area contributed by atoms with E-state index in [1.54, 1.807) is 0 Å². The number of hydrogen-bond donors (Lipinski definition) is 0. The highest BCUT2D eigenvalue weighted by atomic mass is 15.3. The predicted molar refractivity (Wildman–Crippen MR) is 270 cm³/mol. The van der Waals surface area contributed by atoms with Crippen molar-refractivity contribution in [2.24, 2.45) is 10.9 Å². The van der Waals surface area contributed by atoms with Gasteiger partial charge in [0.25, 0.3) is 0 Å². The van der Waals surface area contributed by atoms with Gasteiger partial charge in [-0.25, -0.2) is 0 Å². The van der Waals surface area contributed by atoms with Gasteiger partial charge in [0.2, 0.25) is 0 Å². The largest absolute Gasteiger partial charge is 0.316 e. The highest BCUT2D eigenvalue weighted by Gasteiger charge is 2.46. The number of hydrogen-bond acceptors (Lipinski definition) is 2. The molecule has 0 saturated carbocycles. The summed E-state index contributed by atoms with van der Waals surface area (Å²) in [4.78, 5) is 7.91. The van der Waals surface area contributed by atoms with E-state index in [1.807, 2.05) is 0 Å². The van der Waals surface area contributed by atoms with Crippen molar-refractivity contribution in [2.45, 2.75) is 123 Å². The van der Waals surface area contributed by atoms with Crippen LogP contribution in [0.2, 0.25) is 0 Å². The van der Waals surface area contributed by atoms with Gasteiger partial charge in [0.15, 0.2) is 0 Å². The van der Waals surface area contributed by atoms with Crippen LogP contribution in [0.1, 0.15) is 128 Å². The third-order valence-corrected chi connectivity index (χ3v) is 14.1. The van der Waals surface area contributed by atoms with Gasteiger partial charge >= 0.3 is 0 Å². The third kappa shape index (κ3) is 7.92. The van der Waals surface area contributed by atoms with E-state index in [-0.39, 0.29) is 28.3 Å². The fourth-order valence-corrected chi connectivity index (χ4v) is 10.4. The van der Waals surface area contributed by atoms with Gasteiger partial charge in [-0.1, -0.05) is 166 Å². The normalized spacial score (nSPS) is 19.1. The van der Waals surface area contributed by atoms with Crippen molar-refractivity contribution in [1.29, 1.82) is 0 Å². The fraction of sp³-hybridized carbons (Fsp3) is 0.339. The van der Waals surface area contributed by atoms with Crippen LogP contribution in [0.3, 0.4) is 0 Å². The summed E-state index contributed by atoms with van der Waals surface area (Å²) in [5, 5.41) is 2.64. The Hall–Kier alpha value is -5.87. The van der Waals surface area contributed by atoms with Gasteiger partial charge in [-0.15, -0.1) is 0 Å². The maximum absolute atomic E-state index is 5.45. The second-order valence-electron chi connectivity index (χ2n) is 20.9. The van der Waals surface area contributed by atoms with E-state index in [9.17, 15) is 0 Å². The molecule has 322 valence electrons. The number of para-hydroxylation sites is 3. The summed E-state index contributed by atoms with van der Waals surface area (Å²) >= 11 is 0. The first-order chi connectivity index (χ1) is 30.1. The van der Waals surface area contributed by atoms with E-state index in [1.165, 1.54) is 66.7 Å². The van der Waals surface area contributed by atoms with E-state index < -0.39 is 0 Å². The van der Waals surface area contributed by atoms with E-state index in [4.69, 9.17) is 4.99 Å². The zero-order valence-electron chi connectivity index (χ0n) is 39.2. The molecule has 0 saturated heterocycles. The van der Waals surface area contributed by atoms with Crippen molar-refractivity contribution in [3.63, 3.8) is 0 Å². The second kappa shape index (κ2) is 16.4. The summed E-state index contributed by atoms with van der Waals surface area (Å²) in [6, 6.07) is 45.5. The van der Waals surface area contributed by atoms with Gasteiger partial charge in [-0.05, 0) is 119 Å². The smallest absolute Gasteiger partial charge is 0.136 e. The van der Waals surface area contributed by atoms with Crippen LogP contribution < -0.4 is 4.90 Å². The Kier molecular flexibility index (Phi) is 11.0. The number of anilines is 1. The highest BCUT2D eigenvalue weighted by molar-refractivity contribution is 6.13. The Labute approximate surface area is 376 Å². The van der Waals surface area contributed by atoms with Crippen molar-refractivity contribution in [3.8, 4) is 11.4 Å². The van der Waals surface area contributed by atoms with Crippen LogP contribution in [0, 0.1) is 5.92 Å². The molecule has 3 heterocycles. The number of rotatable bonds is 11. The molecule has 2 aromatic heterocycles. The molecule has 4 heteroatoms. The van der Waals surface area contributed by atoms with Gasteiger partial charge in [0.05, 0.1) is 22.6 Å². The molecule has 0 N–H and O–H groups in total. The maximum Gasteiger partial charge on any atom is 0.136 e. The summed E-state index contributed by atoms with van der Waals surface area (Å²) in [7, 11) is 0. The minimum Gasteiger partial charge on any atom is -0.316 e. The van der Waals surface area contributed by atoms with Gasteiger partial charge in [0.1, 0.15) is 5.84 Å². The maximum atomic E-state index is 5.45. The predicted octanol–water partition coefficient (Wildman–Crippen LogP) is 15.4. The first-order valence-corrected chi connectivity index (χ1v) is 23.4. The zero-order chi connectivity index (χ0) is 44.3. The Morgan fingerprint density at radius 2 is 1.21 bits per heavy atom. The lowest BCUT2D eigenvalue weighted by atomic mass is 9.80. The Balaban J connectivity index is 1.16. The van der Waals surface area contributed by atoms with Crippen molar-refractivity contribution < 1.29 is 0 Å². The summed E-state index contributed by atoms with van der Waals surface area (Å²) in [5.74, 6) is 2.29. The molecule has 9 rings (SSSR count). The lowest BCUT2D eigenvalue weighted by Gasteiger charge is -2.38. The Morgan fingerprint density at radius 1 is 0.619 bits per heavy atom. The van der Waals surface area contributed by atoms with Crippen LogP contribution in [-0.4, -0.2) is 26.6 Å². The Morgan fingerprint density at radius 3 is 1.79 bits per heavy atom. The molecule has 63 heavy (non-hydrogen) atoms. The van der Waals surface area contributed by atoms with Crippen LogP contribution in [0.4, 0.5) is 5.69 Å². The molecule has 2 aliphatic rings. The molecule has 0 amide bonds. The molecule has 5 unspecified atom stereocenters. The van der Waals surface area contributed by atoms with Crippen LogP contribution in [0.5, 0.6) is 0 Å². The Bertz CT molecular complexity index is 2760. The molecule has 1 aliphatic carbocycles. The van der Waals surface area contributed by atoms with Gasteiger partial charge in [-0.2, -0.15) is 0 Å². The summed E-state index contributed by atoms with van der Waals surface area (Å²) in [5.41, 5.74) is 12.5. The molecule has 0 spiro atoms. The summed E-state index contributed by atoms with van der Waals surface area (Å²) in [6.07, 6.45) is 17.0. The minimum atomic E-state index is -0.272. The van der Waals surface area contributed by atoms with E-state index in [0.717, 1.165) is 25.1 Å². The molecule has 5 aromatic carbocycles. The van der Waals surface area contributed by atoms with Crippen LogP contribution in [0.15, 0.2) is 163 Å². The fourth-order valence-electron chi connectivity index (χ4n) is 10.4. The number of allylic oxidation sites excluding steroid dienone is 2. The number of fused-ring (bicyclic) bond motifs is 3. The number of aliphatic imine (C=N–C) groups is 1. The SMILES string of the molecule is CCC(C)CC(CC(C)c1cc(-n2cc(C(C)(C)C)c3ccccc32)cc(-n2cc(C(C)(C)C)c3ccccc32)c1)c1cccc(C2=NC3C=CC=CC3(C)N2c2ccccc2)c1. The van der Waals surface area contributed by atoms with Crippen LogP contribution in [0.25, 0.3) is 33.2 Å². The number of aromatic nitrogens is 2. The number of nitrogens with zero attached hydrogens (tertiary/aromatic N) is 4. The molecule has 0 fully saturated rings. The van der Waals surface area contributed by atoms with Gasteiger partial charge in [-0.3, -0.25) is 4.99 Å². The van der Waals surface area contributed by atoms with E-state index in [2.05, 4.69) is 241 Å². The molecule has 0 bridgehead atoms. The van der Waals surface area contributed by atoms with E-state index >= 15 is 0 Å². The monoisotopic (exact) mass is 831 g/mol. The first-order valence-electron chi connectivity index (χ1n) is 23.4. The molecule has 1 aliphatic heterocycles. The van der Waals surface area contributed by atoms with Crippen molar-refractivity contribution >= 4 is 33.3 Å². The average molecular weight is 831 g/mol. The molecule has 0 radical (unpaired) electrons. The second-order valence-corrected chi connectivity index (χ2v) is 20.9. The molecule has 4 nitrogen and oxygen atoms in total. The highest BCUT2D eigenvalue weighted by Crippen LogP contribution is 2.43. The van der Waals surface area contributed by atoms with Crippen LogP contribution >= 0.6 is 0 Å². The minimum absolute atomic E-state index is 0.000128. The molecular weight excluding hydrogens is 765 g/mol. The number of amidine groups is 1. The van der Waals surface area contributed by atoms with Crippen LogP contribution in [-0.2, 0) is 10.8 Å². The average Bonchev–Trinajstić information content (AvgIpc) is 3.97. The molecule has 5 atom stereocenters. The first kappa shape index (κ1) is 42.4. The van der Waals surface area contributed by atoms with Crippen molar-refractivity contribution in [1.82, 2.24) is 9.13 Å². The quantitative estimate of drug-likeness (QED) is 0.127. The molecular formula is C59H66N4. The lowest BCUT2D eigenvalue weighted by molar-refractivity contribution is 0.420. The third-order valence-electron chi connectivity index (χ3n) is 14.1. The van der Waals surface area contributed by atoms with Gasteiger partial charge in [0, 0.05) is 45.8 Å². The van der Waals surface area contributed by atoms with E-state index in [0.29, 0.717) is 11.8 Å². The number of benzene rings is 5. The lowest BCUT2D eigenvalue weighted by Crippen LogP contribution is -2.50. The van der Waals surface area contributed by atoms with Gasteiger partial charge < -0.3 is 14.0 Å². The topological polar surface area (TPSA) is 25.5 Å². The van der Waals surface area contributed by atoms with Crippen molar-refractivity contribution in [2.75, 3.05) is 4.90 Å².